The zero-order chi connectivity index (χ0) is 21.6. The molecule has 4 rings (SSSR count). The van der Waals surface area contributed by atoms with Gasteiger partial charge in [-0.25, -0.2) is 8.78 Å². The maximum atomic E-state index is 16.8. The molecule has 0 aliphatic heterocycles. The summed E-state index contributed by atoms with van der Waals surface area (Å²) in [6, 6.07) is 0. The summed E-state index contributed by atoms with van der Waals surface area (Å²) in [7, 11) is 0. The van der Waals surface area contributed by atoms with Crippen molar-refractivity contribution >= 4 is 17.9 Å². The topological polar surface area (TPSA) is 91.7 Å². The first-order valence-electron chi connectivity index (χ1n) is 10.1. The van der Waals surface area contributed by atoms with Crippen LogP contribution < -0.4 is 0 Å². The van der Waals surface area contributed by atoms with Gasteiger partial charge in [0.15, 0.2) is 17.7 Å². The minimum atomic E-state index is -2.27. The van der Waals surface area contributed by atoms with Gasteiger partial charge in [0.1, 0.15) is 11.8 Å². The Hall–Kier alpha value is -1.73. The number of ketones is 2. The molecular weight excluding hydrogens is 382 g/mol. The average Bonchev–Trinajstić information content (AvgIpc) is 2.86. The van der Waals surface area contributed by atoms with E-state index in [1.54, 1.807) is 13.8 Å². The van der Waals surface area contributed by atoms with Crippen LogP contribution in [0.4, 0.5) is 8.78 Å². The van der Waals surface area contributed by atoms with E-state index in [0.29, 0.717) is 0 Å². The second-order valence-electron chi connectivity index (χ2n) is 9.74. The Morgan fingerprint density at radius 3 is 2.55 bits per heavy atom. The van der Waals surface area contributed by atoms with E-state index in [4.69, 9.17) is 0 Å². The fourth-order valence-corrected chi connectivity index (χ4v) is 7.15. The minimum Gasteiger partial charge on any atom is -0.390 e. The van der Waals surface area contributed by atoms with Crippen LogP contribution in [0.15, 0.2) is 23.8 Å². The number of aliphatic hydroxyl groups is 2. The highest BCUT2D eigenvalue weighted by molar-refractivity contribution is 6.29. The third-order valence-corrected chi connectivity index (χ3v) is 8.69. The van der Waals surface area contributed by atoms with Crippen LogP contribution in [0, 0.1) is 28.6 Å². The SMILES string of the molecule is C[C@H]1C[C@H]2[C@@H]3C[C@H](F)C4=CC(=O)C=C[C@]4(C)[C@@]3(F)[C@@H](O)C[C@]2(C)[C@@]1(O)C(=O)C=O. The number of hydrogen-bond acceptors (Lipinski definition) is 5. The highest BCUT2D eigenvalue weighted by Crippen LogP contribution is 2.70. The number of allylic oxidation sites excluding steroid dienone is 4. The standard InChI is InChI=1S/C22H26F2O5/c1-11-6-13-14-8-16(23)15-7-12(26)4-5-19(15,2)21(14,24)17(27)9-20(13,3)22(11,29)18(28)10-25/h4-5,7,10-11,13-14,16-17,27,29H,6,8-9H2,1-3H3/t11-,13-,14-,16-,17-,19-,20-,21-,22-/m0/s1. The van der Waals surface area contributed by atoms with Crippen LogP contribution in [0.3, 0.4) is 0 Å². The van der Waals surface area contributed by atoms with Gasteiger partial charge in [-0.15, -0.1) is 0 Å². The van der Waals surface area contributed by atoms with Gasteiger partial charge in [-0.3, -0.25) is 14.4 Å². The van der Waals surface area contributed by atoms with E-state index in [-0.39, 0.29) is 31.1 Å². The number of carbonyl (C=O) groups excluding carboxylic acids is 3. The number of alkyl halides is 2. The molecule has 0 spiro atoms. The van der Waals surface area contributed by atoms with Crippen molar-refractivity contribution in [2.45, 2.75) is 63.6 Å². The Morgan fingerprint density at radius 1 is 1.28 bits per heavy atom. The molecule has 0 aromatic heterocycles. The summed E-state index contributed by atoms with van der Waals surface area (Å²) < 4.78 is 32.1. The molecule has 0 aromatic rings. The number of Topliss-reactive ketones (excluding diaryl/α,β-unsaturated/α-hetero) is 1. The van der Waals surface area contributed by atoms with E-state index in [2.05, 4.69) is 0 Å². The van der Waals surface area contributed by atoms with Gasteiger partial charge in [-0.2, -0.15) is 0 Å². The summed E-state index contributed by atoms with van der Waals surface area (Å²) in [5, 5.41) is 22.3. The van der Waals surface area contributed by atoms with Crippen LogP contribution in [-0.2, 0) is 14.4 Å². The monoisotopic (exact) mass is 408 g/mol. The summed E-state index contributed by atoms with van der Waals surface area (Å²) in [6.45, 7) is 4.71. The number of aldehydes is 1. The number of hydrogen-bond donors (Lipinski definition) is 2. The highest BCUT2D eigenvalue weighted by atomic mass is 19.1. The lowest BCUT2D eigenvalue weighted by Crippen LogP contribution is -2.70. The van der Waals surface area contributed by atoms with Gasteiger partial charge in [0.25, 0.3) is 0 Å². The lowest BCUT2D eigenvalue weighted by Gasteiger charge is -2.62. The molecule has 4 aliphatic rings. The fourth-order valence-electron chi connectivity index (χ4n) is 7.15. The lowest BCUT2D eigenvalue weighted by molar-refractivity contribution is -0.222. The quantitative estimate of drug-likeness (QED) is 0.539. The summed E-state index contributed by atoms with van der Waals surface area (Å²) in [5.41, 5.74) is -7.06. The van der Waals surface area contributed by atoms with E-state index in [9.17, 15) is 24.6 Å². The van der Waals surface area contributed by atoms with E-state index in [1.807, 2.05) is 0 Å². The van der Waals surface area contributed by atoms with Crippen molar-refractivity contribution in [2.75, 3.05) is 0 Å². The van der Waals surface area contributed by atoms with Gasteiger partial charge in [0, 0.05) is 16.7 Å². The fraction of sp³-hybridized carbons (Fsp3) is 0.682. The summed E-state index contributed by atoms with van der Waals surface area (Å²) >= 11 is 0. The Morgan fingerprint density at radius 2 is 1.93 bits per heavy atom. The number of rotatable bonds is 2. The summed E-state index contributed by atoms with van der Waals surface area (Å²) in [4.78, 5) is 35.5. The molecule has 4 aliphatic carbocycles. The van der Waals surface area contributed by atoms with Crippen LogP contribution in [0.1, 0.15) is 40.0 Å². The second-order valence-corrected chi connectivity index (χ2v) is 9.74. The van der Waals surface area contributed by atoms with Crippen LogP contribution in [-0.4, -0.2) is 51.6 Å². The number of halogens is 2. The van der Waals surface area contributed by atoms with Crippen molar-refractivity contribution in [1.82, 2.24) is 0 Å². The maximum absolute atomic E-state index is 16.8. The molecule has 0 unspecified atom stereocenters. The Balaban J connectivity index is 1.88. The molecule has 0 aromatic carbocycles. The molecule has 3 fully saturated rings. The Bertz CT molecular complexity index is 867. The predicted octanol–water partition coefficient (Wildman–Crippen LogP) is 2.05. The first kappa shape index (κ1) is 20.5. The molecule has 9 atom stereocenters. The number of carbonyl (C=O) groups is 3. The van der Waals surface area contributed by atoms with E-state index < -0.39 is 63.7 Å². The molecule has 0 saturated heterocycles. The molecule has 29 heavy (non-hydrogen) atoms. The van der Waals surface area contributed by atoms with Crippen molar-refractivity contribution in [3.63, 3.8) is 0 Å². The van der Waals surface area contributed by atoms with Crippen molar-refractivity contribution in [1.29, 1.82) is 0 Å². The van der Waals surface area contributed by atoms with Gasteiger partial charge in [-0.05, 0) is 55.7 Å². The van der Waals surface area contributed by atoms with Crippen molar-refractivity contribution < 1.29 is 33.4 Å². The molecule has 0 heterocycles. The van der Waals surface area contributed by atoms with Gasteiger partial charge in [0.2, 0.25) is 5.78 Å². The first-order chi connectivity index (χ1) is 13.4. The second kappa shape index (κ2) is 5.91. The zero-order valence-corrected chi connectivity index (χ0v) is 16.7. The van der Waals surface area contributed by atoms with Gasteiger partial charge < -0.3 is 10.2 Å². The molecule has 0 radical (unpaired) electrons. The molecular formula is C22H26F2O5. The molecule has 0 bridgehead atoms. The Kier molecular flexibility index (Phi) is 4.19. The molecule has 5 nitrogen and oxygen atoms in total. The van der Waals surface area contributed by atoms with E-state index >= 15 is 8.78 Å². The smallest absolute Gasteiger partial charge is 0.227 e. The lowest BCUT2D eigenvalue weighted by atomic mass is 9.44. The Labute approximate surface area is 167 Å². The summed E-state index contributed by atoms with van der Waals surface area (Å²) in [6.07, 6.45) is 0.282. The van der Waals surface area contributed by atoms with Gasteiger partial charge in [0.05, 0.1) is 6.10 Å². The predicted molar refractivity (Wildman–Crippen MR) is 99.2 cm³/mol. The molecule has 0 amide bonds. The van der Waals surface area contributed by atoms with E-state index in [1.165, 1.54) is 19.1 Å². The van der Waals surface area contributed by atoms with Crippen LogP contribution >= 0.6 is 0 Å². The maximum Gasteiger partial charge on any atom is 0.227 e. The molecule has 7 heteroatoms. The largest absolute Gasteiger partial charge is 0.390 e. The minimum absolute atomic E-state index is 0.0247. The van der Waals surface area contributed by atoms with Crippen molar-refractivity contribution in [3.8, 4) is 0 Å². The third-order valence-electron chi connectivity index (χ3n) is 8.69. The van der Waals surface area contributed by atoms with Crippen molar-refractivity contribution in [2.24, 2.45) is 28.6 Å². The highest BCUT2D eigenvalue weighted by Gasteiger charge is 2.76. The average molecular weight is 408 g/mol. The number of aliphatic hydroxyl groups excluding tert-OH is 1. The van der Waals surface area contributed by atoms with Crippen LogP contribution in [0.25, 0.3) is 0 Å². The first-order valence-corrected chi connectivity index (χ1v) is 10.1. The molecule has 2 N–H and O–H groups in total. The molecule has 158 valence electrons. The normalized spacial score (nSPS) is 53.6. The van der Waals surface area contributed by atoms with Crippen molar-refractivity contribution in [3.05, 3.63) is 23.8 Å². The molecule has 3 saturated carbocycles. The van der Waals surface area contributed by atoms with Gasteiger partial charge >= 0.3 is 0 Å². The third kappa shape index (κ3) is 2.13. The van der Waals surface area contributed by atoms with Crippen LogP contribution in [0.5, 0.6) is 0 Å². The number of fused-ring (bicyclic) bond motifs is 5. The van der Waals surface area contributed by atoms with Gasteiger partial charge in [-0.1, -0.05) is 19.9 Å². The summed E-state index contributed by atoms with van der Waals surface area (Å²) in [5.74, 6) is -3.64. The zero-order valence-electron chi connectivity index (χ0n) is 16.7. The van der Waals surface area contributed by atoms with E-state index in [0.717, 1.165) is 6.08 Å². The van der Waals surface area contributed by atoms with Crippen LogP contribution in [0.2, 0.25) is 0 Å².